The number of anilines is 2. The van der Waals surface area contributed by atoms with E-state index in [0.717, 1.165) is 5.16 Å². The van der Waals surface area contributed by atoms with Crippen LogP contribution >= 0.6 is 35.0 Å². The van der Waals surface area contributed by atoms with Crippen LogP contribution in [-0.4, -0.2) is 26.4 Å². The summed E-state index contributed by atoms with van der Waals surface area (Å²) in [6, 6.07) is 3.07. The second-order valence-corrected chi connectivity index (χ2v) is 6.13. The Labute approximate surface area is 136 Å². The van der Waals surface area contributed by atoms with Crippen LogP contribution in [0.25, 0.3) is 0 Å². The highest BCUT2D eigenvalue weighted by Gasteiger charge is 2.11. The van der Waals surface area contributed by atoms with Gasteiger partial charge < -0.3 is 15.6 Å². The molecule has 0 bridgehead atoms. The van der Waals surface area contributed by atoms with Gasteiger partial charge >= 0.3 is 0 Å². The van der Waals surface area contributed by atoms with Crippen molar-refractivity contribution >= 4 is 52.2 Å². The minimum atomic E-state index is -0.180. The smallest absolute Gasteiger partial charge is 0.225 e. The van der Waals surface area contributed by atoms with E-state index in [0.29, 0.717) is 33.6 Å². The number of hydrogen-bond donors (Lipinski definition) is 2. The van der Waals surface area contributed by atoms with E-state index in [2.05, 4.69) is 15.5 Å². The zero-order valence-electron chi connectivity index (χ0n) is 11.1. The lowest BCUT2D eigenvalue weighted by atomic mass is 10.2. The Bertz CT molecular complexity index is 638. The zero-order valence-corrected chi connectivity index (χ0v) is 13.5. The molecule has 1 aromatic heterocycles. The third kappa shape index (κ3) is 4.26. The van der Waals surface area contributed by atoms with Gasteiger partial charge in [0, 0.05) is 24.2 Å². The van der Waals surface area contributed by atoms with E-state index < -0.39 is 0 Å². The highest BCUT2D eigenvalue weighted by molar-refractivity contribution is 7.99. The van der Waals surface area contributed by atoms with Gasteiger partial charge in [-0.3, -0.25) is 4.79 Å². The maximum atomic E-state index is 11.9. The molecule has 0 aliphatic heterocycles. The normalized spacial score (nSPS) is 10.6. The monoisotopic (exact) mass is 345 g/mol. The number of rotatable bonds is 5. The molecule has 1 amide bonds. The van der Waals surface area contributed by atoms with Gasteiger partial charge in [0.15, 0.2) is 5.16 Å². The maximum absolute atomic E-state index is 11.9. The molecule has 0 atom stereocenters. The molecule has 3 N–H and O–H groups in total. The number of aryl methyl sites for hydroxylation is 1. The number of aromatic nitrogens is 3. The van der Waals surface area contributed by atoms with Gasteiger partial charge in [0.1, 0.15) is 6.33 Å². The highest BCUT2D eigenvalue weighted by Crippen LogP contribution is 2.32. The molecule has 112 valence electrons. The van der Waals surface area contributed by atoms with Crippen LogP contribution in [0.2, 0.25) is 10.0 Å². The topological polar surface area (TPSA) is 85.8 Å². The van der Waals surface area contributed by atoms with E-state index in [9.17, 15) is 4.79 Å². The molecule has 2 aromatic rings. The number of hydrogen-bond acceptors (Lipinski definition) is 5. The molecule has 0 saturated carbocycles. The average Bonchev–Trinajstić information content (AvgIpc) is 2.80. The Kier molecular flexibility index (Phi) is 5.33. The van der Waals surface area contributed by atoms with Gasteiger partial charge in [-0.15, -0.1) is 10.2 Å². The molecule has 9 heteroatoms. The number of thioether (sulfide) groups is 1. The van der Waals surface area contributed by atoms with Crippen molar-refractivity contribution in [1.29, 1.82) is 0 Å². The van der Waals surface area contributed by atoms with E-state index >= 15 is 0 Å². The maximum Gasteiger partial charge on any atom is 0.225 e. The Morgan fingerprint density at radius 3 is 2.86 bits per heavy atom. The van der Waals surface area contributed by atoms with E-state index in [4.69, 9.17) is 28.9 Å². The van der Waals surface area contributed by atoms with E-state index in [1.165, 1.54) is 23.9 Å². The number of nitrogens with one attached hydrogen (secondary N) is 1. The molecule has 0 fully saturated rings. The van der Waals surface area contributed by atoms with Crippen LogP contribution in [0.4, 0.5) is 11.4 Å². The number of carbonyl (C=O) groups is 1. The number of carbonyl (C=O) groups excluding carboxylic acids is 1. The first-order valence-corrected chi connectivity index (χ1v) is 7.72. The molecular weight excluding hydrogens is 333 g/mol. The van der Waals surface area contributed by atoms with Gasteiger partial charge in [-0.05, 0) is 12.1 Å². The van der Waals surface area contributed by atoms with Crippen molar-refractivity contribution in [3.8, 4) is 0 Å². The van der Waals surface area contributed by atoms with Gasteiger partial charge in [-0.1, -0.05) is 35.0 Å². The van der Waals surface area contributed by atoms with Gasteiger partial charge in [-0.2, -0.15) is 0 Å². The largest absolute Gasteiger partial charge is 0.397 e. The molecule has 2 rings (SSSR count). The van der Waals surface area contributed by atoms with Crippen molar-refractivity contribution in [3.63, 3.8) is 0 Å². The van der Waals surface area contributed by atoms with Crippen LogP contribution < -0.4 is 11.1 Å². The van der Waals surface area contributed by atoms with Crippen LogP contribution in [-0.2, 0) is 11.8 Å². The van der Waals surface area contributed by atoms with Crippen molar-refractivity contribution < 1.29 is 4.79 Å². The lowest BCUT2D eigenvalue weighted by molar-refractivity contribution is -0.115. The second-order valence-electron chi connectivity index (χ2n) is 4.22. The Morgan fingerprint density at radius 1 is 1.48 bits per heavy atom. The highest BCUT2D eigenvalue weighted by atomic mass is 35.5. The van der Waals surface area contributed by atoms with Crippen LogP contribution in [0.5, 0.6) is 0 Å². The molecule has 0 radical (unpaired) electrons. The SMILES string of the molecule is Cn1cnnc1SCCC(=O)Nc1c(N)cc(Cl)cc1Cl. The van der Waals surface area contributed by atoms with Crippen LogP contribution in [0.15, 0.2) is 23.6 Å². The molecule has 0 spiro atoms. The first-order valence-electron chi connectivity index (χ1n) is 5.98. The third-order valence-corrected chi connectivity index (χ3v) is 4.13. The van der Waals surface area contributed by atoms with Gasteiger partial charge in [-0.25, -0.2) is 0 Å². The van der Waals surface area contributed by atoms with Crippen LogP contribution in [0.1, 0.15) is 6.42 Å². The van der Waals surface area contributed by atoms with E-state index in [1.807, 2.05) is 7.05 Å². The standard InChI is InChI=1S/C12H13Cl2N5OS/c1-19-6-16-18-12(19)21-3-2-10(20)17-11-8(14)4-7(13)5-9(11)15/h4-6H,2-3,15H2,1H3,(H,17,20). The zero-order chi connectivity index (χ0) is 15.4. The van der Waals surface area contributed by atoms with E-state index in [-0.39, 0.29) is 5.91 Å². The molecule has 1 aromatic carbocycles. The fraction of sp³-hybridized carbons (Fsp3) is 0.250. The van der Waals surface area contributed by atoms with Crippen molar-refractivity contribution in [2.75, 3.05) is 16.8 Å². The predicted octanol–water partition coefficient (Wildman–Crippen LogP) is 2.83. The van der Waals surface area contributed by atoms with Gasteiger partial charge in [0.05, 0.1) is 16.4 Å². The molecule has 6 nitrogen and oxygen atoms in total. The molecule has 0 unspecified atom stereocenters. The van der Waals surface area contributed by atoms with Crippen molar-refractivity contribution in [3.05, 3.63) is 28.5 Å². The number of nitrogens with two attached hydrogens (primary N) is 1. The number of halogens is 2. The fourth-order valence-electron chi connectivity index (χ4n) is 1.57. The van der Waals surface area contributed by atoms with E-state index in [1.54, 1.807) is 10.9 Å². The van der Waals surface area contributed by atoms with Crippen molar-refractivity contribution in [2.24, 2.45) is 7.05 Å². The fourth-order valence-corrected chi connectivity index (χ4v) is 2.95. The first-order chi connectivity index (χ1) is 9.97. The molecule has 21 heavy (non-hydrogen) atoms. The summed E-state index contributed by atoms with van der Waals surface area (Å²) in [7, 11) is 1.84. The Balaban J connectivity index is 1.89. The minimum Gasteiger partial charge on any atom is -0.397 e. The molecule has 0 aliphatic rings. The molecule has 0 aliphatic carbocycles. The molecule has 0 saturated heterocycles. The summed E-state index contributed by atoms with van der Waals surface area (Å²) in [5, 5.41) is 11.9. The van der Waals surface area contributed by atoms with Crippen molar-refractivity contribution in [2.45, 2.75) is 11.6 Å². The van der Waals surface area contributed by atoms with Gasteiger partial charge in [0.2, 0.25) is 5.91 Å². The summed E-state index contributed by atoms with van der Waals surface area (Å²) in [5.74, 6) is 0.393. The quantitative estimate of drug-likeness (QED) is 0.642. The average molecular weight is 346 g/mol. The second kappa shape index (κ2) is 7.02. The number of nitrogens with zero attached hydrogens (tertiary/aromatic N) is 3. The number of amides is 1. The van der Waals surface area contributed by atoms with Crippen LogP contribution in [0, 0.1) is 0 Å². The minimum absolute atomic E-state index is 0.180. The first kappa shape index (κ1) is 15.9. The molecule has 1 heterocycles. The predicted molar refractivity (Wildman–Crippen MR) is 85.8 cm³/mol. The van der Waals surface area contributed by atoms with Crippen molar-refractivity contribution in [1.82, 2.24) is 14.8 Å². The lowest BCUT2D eigenvalue weighted by Crippen LogP contribution is -2.14. The summed E-state index contributed by atoms with van der Waals surface area (Å²) in [6.45, 7) is 0. The summed E-state index contributed by atoms with van der Waals surface area (Å²) in [6.07, 6.45) is 1.91. The number of benzene rings is 1. The summed E-state index contributed by atoms with van der Waals surface area (Å²) in [4.78, 5) is 11.9. The summed E-state index contributed by atoms with van der Waals surface area (Å²) < 4.78 is 1.79. The van der Waals surface area contributed by atoms with Crippen LogP contribution in [0.3, 0.4) is 0 Å². The lowest BCUT2D eigenvalue weighted by Gasteiger charge is -2.10. The summed E-state index contributed by atoms with van der Waals surface area (Å²) in [5.41, 5.74) is 6.50. The Morgan fingerprint density at radius 2 is 2.24 bits per heavy atom. The number of nitrogen functional groups attached to an aromatic ring is 1. The third-order valence-electron chi connectivity index (χ3n) is 2.58. The Hall–Kier alpha value is -1.44. The summed E-state index contributed by atoms with van der Waals surface area (Å²) >= 11 is 13.3. The molecular formula is C12H13Cl2N5OS. The van der Waals surface area contributed by atoms with Gasteiger partial charge in [0.25, 0.3) is 0 Å².